The number of nitrogens with zero attached hydrogens (tertiary/aromatic N) is 3. The molecule has 3 N–H and O–H groups in total. The summed E-state index contributed by atoms with van der Waals surface area (Å²) < 4.78 is 29.2. The van der Waals surface area contributed by atoms with Gasteiger partial charge < -0.3 is 10.3 Å². The highest BCUT2D eigenvalue weighted by Gasteiger charge is 2.16. The summed E-state index contributed by atoms with van der Waals surface area (Å²) in [5, 5.41) is 0. The first-order valence-electron chi connectivity index (χ1n) is 8.43. The Bertz CT molecular complexity index is 1040. The largest absolute Gasteiger partial charge is 0.382 e. The van der Waals surface area contributed by atoms with Crippen molar-refractivity contribution in [2.75, 3.05) is 16.2 Å². The minimum atomic E-state index is -3.40. The second-order valence-corrected chi connectivity index (χ2v) is 8.20. The molecular weight excluding hydrogens is 350 g/mol. The van der Waals surface area contributed by atoms with Crippen LogP contribution < -0.4 is 10.5 Å². The van der Waals surface area contributed by atoms with Gasteiger partial charge in [-0.2, -0.15) is 0 Å². The third-order valence-electron chi connectivity index (χ3n) is 4.43. The Balaban J connectivity index is 1.77. The number of nitrogens with one attached hydrogen (secondary N) is 1. The normalized spacial score (nSPS) is 11.8. The summed E-state index contributed by atoms with van der Waals surface area (Å²) in [6.45, 7) is 6.33. The van der Waals surface area contributed by atoms with Crippen LogP contribution in [0.1, 0.15) is 23.5 Å². The van der Waals surface area contributed by atoms with Crippen molar-refractivity contribution in [1.29, 1.82) is 0 Å². The molecule has 0 bridgehead atoms. The molecule has 0 aliphatic heterocycles. The fourth-order valence-corrected chi connectivity index (χ4v) is 4.14. The third-order valence-corrected chi connectivity index (χ3v) is 5.80. The van der Waals surface area contributed by atoms with Crippen molar-refractivity contribution in [3.63, 3.8) is 0 Å². The van der Waals surface area contributed by atoms with Crippen LogP contribution >= 0.6 is 0 Å². The number of para-hydroxylation sites is 1. The first-order valence-corrected chi connectivity index (χ1v) is 10.1. The van der Waals surface area contributed by atoms with Gasteiger partial charge in [0.2, 0.25) is 10.0 Å². The van der Waals surface area contributed by atoms with E-state index in [0.29, 0.717) is 30.0 Å². The standard InChI is InChI=1S/C18H23N5O2S/c1-12-13(2)20-18(19)16-17(12)23(14(3)21-16)10-7-11-26(24,25)22-15-8-5-4-6-9-15/h4-6,8-9,22H,7,10-11H2,1-3H3,(H2,19,20). The van der Waals surface area contributed by atoms with Gasteiger partial charge in [-0.1, -0.05) is 18.2 Å². The first-order chi connectivity index (χ1) is 12.3. The molecule has 3 aromatic rings. The van der Waals surface area contributed by atoms with E-state index < -0.39 is 10.0 Å². The summed E-state index contributed by atoms with van der Waals surface area (Å²) in [6, 6.07) is 8.89. The van der Waals surface area contributed by atoms with Crippen LogP contribution in [0.3, 0.4) is 0 Å². The van der Waals surface area contributed by atoms with Gasteiger partial charge in [0.1, 0.15) is 11.3 Å². The number of hydrogen-bond donors (Lipinski definition) is 2. The molecule has 0 unspecified atom stereocenters. The second-order valence-electron chi connectivity index (χ2n) is 6.36. The molecule has 0 saturated heterocycles. The van der Waals surface area contributed by atoms with Crippen LogP contribution in [0, 0.1) is 20.8 Å². The minimum absolute atomic E-state index is 0.0274. The lowest BCUT2D eigenvalue weighted by atomic mass is 10.2. The highest BCUT2D eigenvalue weighted by Crippen LogP contribution is 2.26. The summed E-state index contributed by atoms with van der Waals surface area (Å²) in [5.74, 6) is 1.23. The van der Waals surface area contributed by atoms with E-state index in [1.54, 1.807) is 24.3 Å². The number of hydrogen-bond acceptors (Lipinski definition) is 5. The van der Waals surface area contributed by atoms with Crippen LogP contribution in [0.2, 0.25) is 0 Å². The molecule has 2 aromatic heterocycles. The van der Waals surface area contributed by atoms with Crippen LogP contribution in [0.4, 0.5) is 11.5 Å². The highest BCUT2D eigenvalue weighted by molar-refractivity contribution is 7.92. The lowest BCUT2D eigenvalue weighted by Gasteiger charge is -2.11. The molecule has 0 amide bonds. The molecule has 2 heterocycles. The van der Waals surface area contributed by atoms with E-state index in [1.807, 2.05) is 31.4 Å². The van der Waals surface area contributed by atoms with E-state index >= 15 is 0 Å². The van der Waals surface area contributed by atoms with Gasteiger partial charge in [-0.05, 0) is 44.9 Å². The first kappa shape index (κ1) is 18.2. The van der Waals surface area contributed by atoms with Crippen LogP contribution in [-0.2, 0) is 16.6 Å². The number of anilines is 2. The molecule has 3 rings (SSSR count). The number of sulfonamides is 1. The summed E-state index contributed by atoms with van der Waals surface area (Å²) in [7, 11) is -3.40. The van der Waals surface area contributed by atoms with Gasteiger partial charge in [-0.3, -0.25) is 4.72 Å². The Morgan fingerprint density at radius 1 is 1.12 bits per heavy atom. The topological polar surface area (TPSA) is 103 Å². The van der Waals surface area contributed by atoms with Crippen molar-refractivity contribution in [2.24, 2.45) is 0 Å². The monoisotopic (exact) mass is 373 g/mol. The van der Waals surface area contributed by atoms with Crippen molar-refractivity contribution in [3.8, 4) is 0 Å². The smallest absolute Gasteiger partial charge is 0.232 e. The molecule has 8 heteroatoms. The van der Waals surface area contributed by atoms with Gasteiger partial charge in [-0.25, -0.2) is 18.4 Å². The molecule has 26 heavy (non-hydrogen) atoms. The van der Waals surface area contributed by atoms with Gasteiger partial charge in [0.15, 0.2) is 5.82 Å². The van der Waals surface area contributed by atoms with Crippen molar-refractivity contribution in [3.05, 3.63) is 47.4 Å². The Morgan fingerprint density at radius 3 is 2.50 bits per heavy atom. The lowest BCUT2D eigenvalue weighted by Crippen LogP contribution is -2.18. The summed E-state index contributed by atoms with van der Waals surface area (Å²) >= 11 is 0. The van der Waals surface area contributed by atoms with Crippen LogP contribution in [0.15, 0.2) is 30.3 Å². The van der Waals surface area contributed by atoms with Crippen molar-refractivity contribution in [2.45, 2.75) is 33.7 Å². The minimum Gasteiger partial charge on any atom is -0.382 e. The predicted molar refractivity (Wildman–Crippen MR) is 105 cm³/mol. The molecule has 0 fully saturated rings. The number of benzene rings is 1. The summed E-state index contributed by atoms with van der Waals surface area (Å²) in [4.78, 5) is 8.83. The van der Waals surface area contributed by atoms with Crippen LogP contribution in [0.25, 0.3) is 11.0 Å². The molecule has 138 valence electrons. The van der Waals surface area contributed by atoms with E-state index in [2.05, 4.69) is 14.7 Å². The molecule has 0 atom stereocenters. The number of aryl methyl sites for hydroxylation is 4. The third kappa shape index (κ3) is 3.65. The Hall–Kier alpha value is -2.61. The maximum Gasteiger partial charge on any atom is 0.232 e. The molecule has 0 aliphatic rings. The van der Waals surface area contributed by atoms with E-state index in [9.17, 15) is 8.42 Å². The van der Waals surface area contributed by atoms with Gasteiger partial charge >= 0.3 is 0 Å². The number of imidazole rings is 1. The van der Waals surface area contributed by atoms with E-state index in [4.69, 9.17) is 5.73 Å². The maximum atomic E-state index is 12.3. The zero-order valence-corrected chi connectivity index (χ0v) is 16.0. The predicted octanol–water partition coefficient (Wildman–Crippen LogP) is 2.77. The maximum absolute atomic E-state index is 12.3. The highest BCUT2D eigenvalue weighted by atomic mass is 32.2. The van der Waals surface area contributed by atoms with Gasteiger partial charge in [0.25, 0.3) is 0 Å². The Labute approximate surface area is 153 Å². The number of nitrogens with two attached hydrogens (primary N) is 1. The SMILES string of the molecule is Cc1nc(N)c2nc(C)n(CCCS(=O)(=O)Nc3ccccc3)c2c1C. The molecule has 0 saturated carbocycles. The summed E-state index contributed by atoms with van der Waals surface area (Å²) in [5.41, 5.74) is 10.0. The summed E-state index contributed by atoms with van der Waals surface area (Å²) in [6.07, 6.45) is 0.467. The number of rotatable bonds is 6. The number of pyridine rings is 1. The molecular formula is C18H23N5O2S. The average molecular weight is 373 g/mol. The molecule has 0 radical (unpaired) electrons. The zero-order chi connectivity index (χ0) is 18.9. The van der Waals surface area contributed by atoms with E-state index in [0.717, 1.165) is 22.6 Å². The van der Waals surface area contributed by atoms with E-state index in [-0.39, 0.29) is 5.75 Å². The van der Waals surface area contributed by atoms with Gasteiger partial charge in [0.05, 0.1) is 11.3 Å². The molecule has 0 aliphatic carbocycles. The lowest BCUT2D eigenvalue weighted by molar-refractivity contribution is 0.591. The van der Waals surface area contributed by atoms with Gasteiger partial charge in [-0.15, -0.1) is 0 Å². The van der Waals surface area contributed by atoms with Crippen LogP contribution in [0.5, 0.6) is 0 Å². The van der Waals surface area contributed by atoms with Crippen molar-refractivity contribution < 1.29 is 8.42 Å². The fourth-order valence-electron chi connectivity index (χ4n) is 3.04. The molecule has 0 spiro atoms. The van der Waals surface area contributed by atoms with Crippen molar-refractivity contribution >= 4 is 32.6 Å². The molecule has 1 aromatic carbocycles. The second kappa shape index (κ2) is 6.95. The zero-order valence-electron chi connectivity index (χ0n) is 15.2. The van der Waals surface area contributed by atoms with Crippen LogP contribution in [-0.4, -0.2) is 28.7 Å². The number of fused-ring (bicyclic) bond motifs is 1. The van der Waals surface area contributed by atoms with Crippen molar-refractivity contribution in [1.82, 2.24) is 14.5 Å². The fraction of sp³-hybridized carbons (Fsp3) is 0.333. The quantitative estimate of drug-likeness (QED) is 0.691. The molecule has 7 nitrogen and oxygen atoms in total. The number of aromatic nitrogens is 3. The van der Waals surface area contributed by atoms with Gasteiger partial charge in [0, 0.05) is 17.9 Å². The Kier molecular flexibility index (Phi) is 4.86. The van der Waals surface area contributed by atoms with E-state index in [1.165, 1.54) is 0 Å². The Morgan fingerprint density at radius 2 is 1.81 bits per heavy atom. The number of nitrogen functional groups attached to an aromatic ring is 1. The average Bonchev–Trinajstić information content (AvgIpc) is 2.91.